The van der Waals surface area contributed by atoms with Crippen LogP contribution in [0.5, 0.6) is 11.5 Å². The second-order valence-electron chi connectivity index (χ2n) is 23.1. The van der Waals surface area contributed by atoms with Gasteiger partial charge in [-0.1, -0.05) is 201 Å². The molecular weight excluding hydrogens is 1130 g/mol. The number of anilines is 4. The third-order valence-corrected chi connectivity index (χ3v) is 14.7. The van der Waals surface area contributed by atoms with Gasteiger partial charge in [0.25, 0.3) is 0 Å². The van der Waals surface area contributed by atoms with Crippen molar-refractivity contribution in [3.05, 3.63) is 248 Å². The Morgan fingerprint density at radius 1 is 0.474 bits per heavy atom. The van der Waals surface area contributed by atoms with E-state index in [1.54, 1.807) is 0 Å². The van der Waals surface area contributed by atoms with Gasteiger partial charge >= 0.3 is 0 Å². The predicted octanol–water partition coefficient (Wildman–Crippen LogP) is 19.5. The zero-order chi connectivity index (χ0) is 57.6. The molecule has 0 unspecified atom stereocenters. The Bertz CT molecular complexity index is 4250. The molecule has 390 valence electrons. The molecule has 0 amide bonds. The van der Waals surface area contributed by atoms with E-state index in [1.807, 2.05) is 91.7 Å². The Balaban J connectivity index is 0.00000721. The smallest absolute Gasteiger partial charge is 0.135 e. The molecule has 0 fully saturated rings. The number of hydrogen-bond donors (Lipinski definition) is 0. The summed E-state index contributed by atoms with van der Waals surface area (Å²) in [4.78, 5) is 9.11. The Hall–Kier alpha value is -7.98. The van der Waals surface area contributed by atoms with Crippen LogP contribution >= 0.6 is 0 Å². The molecule has 1 aliphatic heterocycles. The van der Waals surface area contributed by atoms with Crippen LogP contribution in [0.3, 0.4) is 0 Å². The molecular formula is C72H63N4OPt-3. The van der Waals surface area contributed by atoms with Crippen molar-refractivity contribution in [1.29, 1.82) is 0 Å². The molecule has 11 aromatic rings. The van der Waals surface area contributed by atoms with Gasteiger partial charge in [0.15, 0.2) is 0 Å². The first-order valence-corrected chi connectivity index (χ1v) is 26.3. The zero-order valence-corrected chi connectivity index (χ0v) is 47.7. The molecule has 0 saturated carbocycles. The first-order valence-electron chi connectivity index (χ1n) is 28.8. The van der Waals surface area contributed by atoms with Crippen molar-refractivity contribution >= 4 is 44.6 Å². The van der Waals surface area contributed by atoms with Gasteiger partial charge in [-0.05, 0) is 114 Å². The molecule has 5 nitrogen and oxygen atoms in total. The van der Waals surface area contributed by atoms with Crippen LogP contribution in [0.2, 0.25) is 0 Å². The number of pyridine rings is 1. The SMILES string of the molecule is [2H]c1c([2H])c([2H])c(-c2cc(-c3ccccc3)cc(-c3cc(C(C)(C)C)cc(C(C)(C)C)c3)c2N2[CH-]N(c3[c-]c(Oc4[c-]c5c(cc4)c4cc(-c6ccccc6)ccc4n5-c4cc(C(C)(C)C)ccn4)ccc3)c3ccccc32)c([2H])c1[2H].[Pt]. The molecule has 1 aliphatic rings. The van der Waals surface area contributed by atoms with Crippen molar-refractivity contribution in [3.63, 3.8) is 0 Å². The number of ether oxygens (including phenoxy) is 1. The average Bonchev–Trinajstić information content (AvgIpc) is 4.13. The fourth-order valence-corrected chi connectivity index (χ4v) is 10.4. The zero-order valence-electron chi connectivity index (χ0n) is 50.4. The standard InChI is InChI=1S/C72H63N4O.Pt/c1-70(2,3)54-36-37-73-68(44-54)76-64-35-32-51(48-22-13-10-14-23-48)40-63(64)60-34-33-59(46-67(60)76)77-58-29-21-28-57(45-58)74-47-75(66-31-20-19-30-65(66)74)69-61(50-26-17-12-18-27-50)41-52(49-24-15-11-16-25-49)42-62(69)53-38-55(71(4,5)6)43-56(39-53)72(7,8)9;/h10-44,47H,1-9H3;/q-3;/i12D,17D,18D,26D,27D;. The fourth-order valence-electron chi connectivity index (χ4n) is 10.4. The van der Waals surface area contributed by atoms with Crippen molar-refractivity contribution in [2.24, 2.45) is 0 Å². The molecule has 2 aromatic heterocycles. The number of benzene rings is 9. The van der Waals surface area contributed by atoms with Crippen molar-refractivity contribution in [2.45, 2.75) is 78.6 Å². The second kappa shape index (κ2) is 20.4. The van der Waals surface area contributed by atoms with Gasteiger partial charge in [0.1, 0.15) is 5.82 Å². The van der Waals surface area contributed by atoms with Crippen LogP contribution in [0.1, 0.15) is 85.9 Å². The van der Waals surface area contributed by atoms with E-state index in [2.05, 4.69) is 186 Å². The average molecular weight is 1200 g/mol. The molecule has 3 heterocycles. The van der Waals surface area contributed by atoms with E-state index >= 15 is 0 Å². The van der Waals surface area contributed by atoms with E-state index in [-0.39, 0.29) is 55.0 Å². The summed E-state index contributed by atoms with van der Waals surface area (Å²) in [6, 6.07) is 65.7. The van der Waals surface area contributed by atoms with Gasteiger partial charge < -0.3 is 19.1 Å². The van der Waals surface area contributed by atoms with Gasteiger partial charge in [-0.3, -0.25) is 0 Å². The molecule has 0 spiro atoms. The van der Waals surface area contributed by atoms with E-state index in [9.17, 15) is 2.74 Å². The Labute approximate surface area is 482 Å². The summed E-state index contributed by atoms with van der Waals surface area (Å²) < 4.78 is 54.6. The van der Waals surface area contributed by atoms with Gasteiger partial charge in [0.05, 0.1) is 6.85 Å². The number of aromatic nitrogens is 2. The molecule has 9 aromatic carbocycles. The van der Waals surface area contributed by atoms with E-state index in [0.717, 1.165) is 83.5 Å². The minimum atomic E-state index is -0.449. The fraction of sp³-hybridized carbons (Fsp3) is 0.167. The molecule has 0 radical (unpaired) electrons. The number of hydrogen-bond acceptors (Lipinski definition) is 4. The Morgan fingerprint density at radius 3 is 1.73 bits per heavy atom. The van der Waals surface area contributed by atoms with Crippen molar-refractivity contribution in [3.8, 4) is 61.8 Å². The minimum absolute atomic E-state index is 0. The minimum Gasteiger partial charge on any atom is -0.509 e. The summed E-state index contributed by atoms with van der Waals surface area (Å²) in [5.41, 5.74) is 14.1. The Kier molecular flexibility index (Phi) is 12.1. The molecule has 0 aliphatic carbocycles. The third-order valence-electron chi connectivity index (χ3n) is 14.7. The van der Waals surface area contributed by atoms with Crippen LogP contribution in [0.4, 0.5) is 22.7 Å². The summed E-state index contributed by atoms with van der Waals surface area (Å²) in [5, 5.41) is 2.09. The van der Waals surface area contributed by atoms with Gasteiger partial charge in [-0.15, -0.1) is 48.1 Å². The molecule has 12 rings (SSSR count). The first kappa shape index (κ1) is 46.1. The summed E-state index contributed by atoms with van der Waals surface area (Å²) >= 11 is 0. The number of nitrogens with zero attached hydrogens (tertiary/aromatic N) is 4. The second-order valence-corrected chi connectivity index (χ2v) is 23.1. The van der Waals surface area contributed by atoms with Crippen molar-refractivity contribution in [1.82, 2.24) is 9.55 Å². The van der Waals surface area contributed by atoms with E-state index < -0.39 is 18.1 Å². The maximum Gasteiger partial charge on any atom is 0.135 e. The topological polar surface area (TPSA) is 33.5 Å². The van der Waals surface area contributed by atoms with E-state index in [0.29, 0.717) is 28.4 Å². The van der Waals surface area contributed by atoms with E-state index in [1.165, 1.54) is 5.56 Å². The van der Waals surface area contributed by atoms with Crippen LogP contribution in [-0.2, 0) is 37.3 Å². The van der Waals surface area contributed by atoms with Crippen molar-refractivity contribution in [2.75, 3.05) is 9.80 Å². The van der Waals surface area contributed by atoms with Crippen LogP contribution < -0.4 is 14.5 Å². The molecule has 6 heteroatoms. The normalized spacial score (nSPS) is 13.6. The van der Waals surface area contributed by atoms with Crippen molar-refractivity contribution < 1.29 is 32.7 Å². The van der Waals surface area contributed by atoms with Gasteiger partial charge in [0.2, 0.25) is 0 Å². The largest absolute Gasteiger partial charge is 0.509 e. The molecule has 0 saturated heterocycles. The van der Waals surface area contributed by atoms with Crippen LogP contribution in [0, 0.1) is 18.8 Å². The van der Waals surface area contributed by atoms with Crippen LogP contribution in [-0.4, -0.2) is 9.55 Å². The Morgan fingerprint density at radius 2 is 1.08 bits per heavy atom. The molecule has 0 N–H and O–H groups in total. The summed E-state index contributed by atoms with van der Waals surface area (Å²) in [5.74, 6) is 1.77. The quantitative estimate of drug-likeness (QED) is 0.135. The summed E-state index contributed by atoms with van der Waals surface area (Å²) in [6.07, 6.45) is 1.88. The first-order chi connectivity index (χ1) is 39.1. The van der Waals surface area contributed by atoms with Gasteiger partial charge in [-0.2, -0.15) is 12.1 Å². The molecule has 78 heavy (non-hydrogen) atoms. The maximum absolute atomic E-state index is 9.52. The van der Waals surface area contributed by atoms with Gasteiger partial charge in [0, 0.05) is 72.5 Å². The summed E-state index contributed by atoms with van der Waals surface area (Å²) in [6.45, 7) is 22.0. The molecule has 0 bridgehead atoms. The number of para-hydroxylation sites is 2. The summed E-state index contributed by atoms with van der Waals surface area (Å²) in [7, 11) is 0. The van der Waals surface area contributed by atoms with Crippen LogP contribution in [0.15, 0.2) is 212 Å². The third kappa shape index (κ3) is 9.97. The number of rotatable bonds is 9. The maximum atomic E-state index is 9.52. The van der Waals surface area contributed by atoms with E-state index in [4.69, 9.17) is 13.8 Å². The predicted molar refractivity (Wildman–Crippen MR) is 322 cm³/mol. The van der Waals surface area contributed by atoms with Gasteiger partial charge in [-0.25, -0.2) is 4.98 Å². The van der Waals surface area contributed by atoms with Crippen LogP contribution in [0.25, 0.3) is 72.1 Å². The monoisotopic (exact) mass is 1200 g/mol. The molecule has 0 atom stereocenters. The number of fused-ring (bicyclic) bond motifs is 4.